The first kappa shape index (κ1) is 18.4. The molecular weight excluding hydrogens is 303 g/mol. The second-order valence-corrected chi connectivity index (χ2v) is 7.48. The molecule has 1 saturated heterocycles. The molecule has 1 heterocycles. The number of alkyl halides is 3. The molecule has 0 aromatic heterocycles. The summed E-state index contributed by atoms with van der Waals surface area (Å²) in [7, 11) is 1.43. The molecule has 0 bridgehead atoms. The van der Waals surface area contributed by atoms with Crippen LogP contribution in [0, 0.1) is 0 Å². The normalized spacial score (nSPS) is 23.5. The van der Waals surface area contributed by atoms with Gasteiger partial charge in [-0.3, -0.25) is 4.90 Å². The number of halogens is 3. The first-order valence-electron chi connectivity index (χ1n) is 7.11. The lowest BCUT2D eigenvalue weighted by Crippen LogP contribution is -2.49. The maximum absolute atomic E-state index is 12.1. The lowest BCUT2D eigenvalue weighted by molar-refractivity contribution is -0.143. The van der Waals surface area contributed by atoms with Gasteiger partial charge in [0.1, 0.15) is 0 Å². The fraction of sp³-hybridized carbons (Fsp3) is 0.923. The molecule has 0 aliphatic carbocycles. The van der Waals surface area contributed by atoms with Crippen LogP contribution in [0.2, 0.25) is 0 Å². The van der Waals surface area contributed by atoms with E-state index < -0.39 is 12.7 Å². The Hall–Kier alpha value is -0.630. The summed E-state index contributed by atoms with van der Waals surface area (Å²) in [5, 5.41) is 3.61. The second kappa shape index (κ2) is 8.12. The lowest BCUT2D eigenvalue weighted by Gasteiger charge is -2.34. The van der Waals surface area contributed by atoms with Crippen molar-refractivity contribution in [2.24, 2.45) is 0 Å². The molecule has 0 aromatic rings. The highest BCUT2D eigenvalue weighted by Crippen LogP contribution is 2.24. The van der Waals surface area contributed by atoms with Crippen LogP contribution in [-0.4, -0.2) is 72.3 Å². The third-order valence-corrected chi connectivity index (χ3v) is 4.38. The minimum atomic E-state index is -4.17. The van der Waals surface area contributed by atoms with E-state index in [-0.39, 0.29) is 6.03 Å². The number of carbonyl (C=O) groups is 1. The number of thioether (sulfide) groups is 1. The predicted molar refractivity (Wildman–Crippen MR) is 79.7 cm³/mol. The fourth-order valence-electron chi connectivity index (χ4n) is 2.38. The van der Waals surface area contributed by atoms with Crippen LogP contribution in [0.15, 0.2) is 0 Å². The summed E-state index contributed by atoms with van der Waals surface area (Å²) < 4.78 is 36.4. The first-order valence-corrected chi connectivity index (χ1v) is 8.05. The maximum atomic E-state index is 12.1. The van der Waals surface area contributed by atoms with Crippen LogP contribution < -0.4 is 5.32 Å². The summed E-state index contributed by atoms with van der Waals surface area (Å²) in [5.74, 6) is 0. The van der Waals surface area contributed by atoms with Gasteiger partial charge in [-0.1, -0.05) is 13.8 Å². The van der Waals surface area contributed by atoms with Crippen molar-refractivity contribution in [2.75, 3.05) is 39.8 Å². The summed E-state index contributed by atoms with van der Waals surface area (Å²) in [6.45, 7) is 5.40. The monoisotopic (exact) mass is 327 g/mol. The molecule has 124 valence electrons. The quantitative estimate of drug-likeness (QED) is 0.788. The van der Waals surface area contributed by atoms with Gasteiger partial charge in [0, 0.05) is 30.1 Å². The Morgan fingerprint density at radius 3 is 2.43 bits per heavy atom. The standard InChI is InChI=1S/C13H24F3N3OS/c1-10-7-19(8-11(2)21-10)12(20)17-5-4-6-18(3)9-13(14,15)16/h10-11H,4-9H2,1-3H3,(H,17,20)/t10-,11-/m1/s1. The van der Waals surface area contributed by atoms with Crippen LogP contribution in [0.5, 0.6) is 0 Å². The Morgan fingerprint density at radius 1 is 1.33 bits per heavy atom. The Kier molecular flexibility index (Phi) is 7.12. The van der Waals surface area contributed by atoms with Crippen LogP contribution in [0.1, 0.15) is 20.3 Å². The predicted octanol–water partition coefficient (Wildman–Crippen LogP) is 2.41. The molecule has 2 atom stereocenters. The van der Waals surface area contributed by atoms with Gasteiger partial charge in [-0.2, -0.15) is 24.9 Å². The number of hydrogen-bond acceptors (Lipinski definition) is 3. The summed E-state index contributed by atoms with van der Waals surface area (Å²) in [6.07, 6.45) is -3.66. The van der Waals surface area contributed by atoms with Crippen molar-refractivity contribution in [1.29, 1.82) is 0 Å². The van der Waals surface area contributed by atoms with Crippen LogP contribution in [-0.2, 0) is 0 Å². The first-order chi connectivity index (χ1) is 9.67. The molecule has 1 rings (SSSR count). The summed E-state index contributed by atoms with van der Waals surface area (Å²) in [5.41, 5.74) is 0. The van der Waals surface area contributed by atoms with E-state index in [1.54, 1.807) is 4.90 Å². The van der Waals surface area contributed by atoms with Gasteiger partial charge >= 0.3 is 12.2 Å². The van der Waals surface area contributed by atoms with Crippen LogP contribution in [0.3, 0.4) is 0 Å². The molecule has 0 saturated carbocycles. The van der Waals surface area contributed by atoms with E-state index in [1.807, 2.05) is 11.8 Å². The number of rotatable bonds is 5. The maximum Gasteiger partial charge on any atom is 0.401 e. The molecule has 4 nitrogen and oxygen atoms in total. The van der Waals surface area contributed by atoms with Crippen molar-refractivity contribution in [3.8, 4) is 0 Å². The molecule has 1 aliphatic rings. The summed E-state index contributed by atoms with van der Waals surface area (Å²) in [6, 6.07) is -0.118. The molecule has 0 aromatic carbocycles. The average Bonchev–Trinajstić information content (AvgIpc) is 2.31. The van der Waals surface area contributed by atoms with Gasteiger partial charge in [0.15, 0.2) is 0 Å². The number of urea groups is 1. The van der Waals surface area contributed by atoms with Gasteiger partial charge in [0.05, 0.1) is 6.54 Å². The van der Waals surface area contributed by atoms with E-state index in [1.165, 1.54) is 11.9 Å². The van der Waals surface area contributed by atoms with Crippen molar-refractivity contribution in [3.05, 3.63) is 0 Å². The SMILES string of the molecule is C[C@@H]1CN(C(=O)NCCCN(C)CC(F)(F)F)C[C@@H](C)S1. The molecule has 1 N–H and O–H groups in total. The van der Waals surface area contributed by atoms with Crippen LogP contribution in [0.25, 0.3) is 0 Å². The Labute approximate surface area is 128 Å². The third-order valence-electron chi connectivity index (χ3n) is 3.15. The Morgan fingerprint density at radius 2 is 1.90 bits per heavy atom. The molecule has 1 aliphatic heterocycles. The average molecular weight is 327 g/mol. The molecule has 0 radical (unpaired) electrons. The van der Waals surface area contributed by atoms with E-state index in [0.717, 1.165) is 13.1 Å². The smallest absolute Gasteiger partial charge is 0.338 e. The van der Waals surface area contributed by atoms with Crippen molar-refractivity contribution >= 4 is 17.8 Å². The van der Waals surface area contributed by atoms with E-state index in [9.17, 15) is 18.0 Å². The number of nitrogens with zero attached hydrogens (tertiary/aromatic N) is 2. The fourth-order valence-corrected chi connectivity index (χ4v) is 3.71. The van der Waals surface area contributed by atoms with Gasteiger partial charge < -0.3 is 10.2 Å². The molecule has 0 spiro atoms. The highest BCUT2D eigenvalue weighted by molar-refractivity contribution is 8.00. The van der Waals surface area contributed by atoms with Crippen LogP contribution >= 0.6 is 11.8 Å². The molecule has 1 fully saturated rings. The van der Waals surface area contributed by atoms with Gasteiger partial charge in [-0.05, 0) is 20.0 Å². The van der Waals surface area contributed by atoms with Crippen molar-refractivity contribution in [2.45, 2.75) is 36.9 Å². The van der Waals surface area contributed by atoms with Gasteiger partial charge in [-0.25, -0.2) is 4.79 Å². The zero-order valence-corrected chi connectivity index (χ0v) is 13.6. The molecule has 8 heteroatoms. The zero-order valence-electron chi connectivity index (χ0n) is 12.7. The van der Waals surface area contributed by atoms with Gasteiger partial charge in [-0.15, -0.1) is 0 Å². The molecule has 21 heavy (non-hydrogen) atoms. The zero-order chi connectivity index (χ0) is 16.0. The van der Waals surface area contributed by atoms with E-state index in [2.05, 4.69) is 19.2 Å². The number of nitrogens with one attached hydrogen (secondary N) is 1. The lowest BCUT2D eigenvalue weighted by atomic mass is 10.3. The Balaban J connectivity index is 2.19. The minimum absolute atomic E-state index is 0.118. The molecule has 2 amide bonds. The largest absolute Gasteiger partial charge is 0.401 e. The van der Waals surface area contributed by atoms with Crippen LogP contribution in [0.4, 0.5) is 18.0 Å². The van der Waals surface area contributed by atoms with Crippen molar-refractivity contribution in [3.63, 3.8) is 0 Å². The van der Waals surface area contributed by atoms with E-state index in [4.69, 9.17) is 0 Å². The van der Waals surface area contributed by atoms with Crippen molar-refractivity contribution < 1.29 is 18.0 Å². The number of carbonyl (C=O) groups excluding carboxylic acids is 1. The van der Waals surface area contributed by atoms with E-state index in [0.29, 0.717) is 30.0 Å². The van der Waals surface area contributed by atoms with Gasteiger partial charge in [0.2, 0.25) is 0 Å². The van der Waals surface area contributed by atoms with E-state index >= 15 is 0 Å². The minimum Gasteiger partial charge on any atom is -0.338 e. The summed E-state index contributed by atoms with van der Waals surface area (Å²) >= 11 is 1.87. The summed E-state index contributed by atoms with van der Waals surface area (Å²) in [4.78, 5) is 15.0. The molecule has 0 unspecified atom stereocenters. The third kappa shape index (κ3) is 7.80. The Bertz CT molecular complexity index is 331. The highest BCUT2D eigenvalue weighted by atomic mass is 32.2. The number of amides is 2. The van der Waals surface area contributed by atoms with Gasteiger partial charge in [0.25, 0.3) is 0 Å². The second-order valence-electron chi connectivity index (χ2n) is 5.60. The van der Waals surface area contributed by atoms with Crippen molar-refractivity contribution in [1.82, 2.24) is 15.1 Å². The topological polar surface area (TPSA) is 35.6 Å². The number of hydrogen-bond donors (Lipinski definition) is 1. The highest BCUT2D eigenvalue weighted by Gasteiger charge is 2.29. The molecular formula is C13H24F3N3OS.